The van der Waals surface area contributed by atoms with Crippen molar-refractivity contribution in [3.8, 4) is 6.07 Å². The lowest BCUT2D eigenvalue weighted by Crippen LogP contribution is -2.35. The molecule has 0 atom stereocenters. The number of carbonyl (C=O) groups is 1. The van der Waals surface area contributed by atoms with E-state index in [9.17, 15) is 4.79 Å². The number of nitrogens with one attached hydrogen (secondary N) is 1. The minimum atomic E-state index is -0.112. The Kier molecular flexibility index (Phi) is 7.33. The zero-order valence-corrected chi connectivity index (χ0v) is 11.8. The molecule has 0 saturated carbocycles. The van der Waals surface area contributed by atoms with Gasteiger partial charge in [0.05, 0.1) is 24.8 Å². The molecule has 0 aliphatic rings. The molecule has 20 heavy (non-hydrogen) atoms. The lowest BCUT2D eigenvalue weighted by atomic mass is 10.2. The smallest absolute Gasteiger partial charge is 0.238 e. The molecule has 5 nitrogen and oxygen atoms in total. The van der Waals surface area contributed by atoms with E-state index in [1.54, 1.807) is 24.3 Å². The number of unbranched alkanes of at least 4 members (excludes halogenated alkanes) is 1. The van der Waals surface area contributed by atoms with Gasteiger partial charge in [-0.3, -0.25) is 9.69 Å². The molecule has 0 radical (unpaired) electrons. The van der Waals surface area contributed by atoms with Crippen molar-refractivity contribution in [1.82, 2.24) is 4.90 Å². The highest BCUT2D eigenvalue weighted by Gasteiger charge is 2.10. The molecule has 0 heterocycles. The predicted molar refractivity (Wildman–Crippen MR) is 78.2 cm³/mol. The third-order valence-corrected chi connectivity index (χ3v) is 2.91. The molecule has 0 aromatic heterocycles. The molecule has 5 heteroatoms. The zero-order valence-electron chi connectivity index (χ0n) is 11.8. The Balaban J connectivity index is 2.49. The number of nitrogens with zero attached hydrogens (tertiary/aromatic N) is 2. The van der Waals surface area contributed by atoms with Gasteiger partial charge in [-0.05, 0) is 37.2 Å². The lowest BCUT2D eigenvalue weighted by molar-refractivity contribution is -0.117. The van der Waals surface area contributed by atoms with Gasteiger partial charge in [0.25, 0.3) is 0 Å². The quantitative estimate of drug-likeness (QED) is 0.755. The van der Waals surface area contributed by atoms with E-state index in [1.165, 1.54) is 0 Å². The molecule has 108 valence electrons. The summed E-state index contributed by atoms with van der Waals surface area (Å²) in [6.07, 6.45) is 2.06. The highest BCUT2D eigenvalue weighted by atomic mass is 16.3. The Morgan fingerprint density at radius 2 is 2.05 bits per heavy atom. The Labute approximate surface area is 119 Å². The molecule has 2 N–H and O–H groups in total. The van der Waals surface area contributed by atoms with Gasteiger partial charge in [-0.15, -0.1) is 0 Å². The zero-order chi connectivity index (χ0) is 14.8. The van der Waals surface area contributed by atoms with Gasteiger partial charge in [0, 0.05) is 12.2 Å². The summed E-state index contributed by atoms with van der Waals surface area (Å²) in [5, 5.41) is 20.5. The summed E-state index contributed by atoms with van der Waals surface area (Å²) in [5.41, 5.74) is 1.24. The molecule has 0 bridgehead atoms. The van der Waals surface area contributed by atoms with Crippen molar-refractivity contribution >= 4 is 11.6 Å². The molecule has 0 aliphatic carbocycles. The van der Waals surface area contributed by atoms with Crippen LogP contribution in [-0.4, -0.2) is 42.2 Å². The van der Waals surface area contributed by atoms with Crippen LogP contribution >= 0.6 is 0 Å². The molecule has 0 fully saturated rings. The number of anilines is 1. The molecular weight excluding hydrogens is 254 g/mol. The first-order valence-electron chi connectivity index (χ1n) is 6.82. The average Bonchev–Trinajstić information content (AvgIpc) is 2.45. The summed E-state index contributed by atoms with van der Waals surface area (Å²) < 4.78 is 0. The number of carbonyl (C=O) groups excluding carboxylic acids is 1. The molecule has 0 spiro atoms. The summed E-state index contributed by atoms with van der Waals surface area (Å²) in [6.45, 7) is 3.71. The molecule has 0 aliphatic heterocycles. The normalized spacial score (nSPS) is 10.3. The molecule has 1 amide bonds. The maximum atomic E-state index is 11.9. The van der Waals surface area contributed by atoms with E-state index in [1.807, 2.05) is 11.0 Å². The van der Waals surface area contributed by atoms with Crippen LogP contribution in [0.3, 0.4) is 0 Å². The van der Waals surface area contributed by atoms with Crippen LogP contribution in [0.1, 0.15) is 25.3 Å². The van der Waals surface area contributed by atoms with Crippen molar-refractivity contribution in [3.63, 3.8) is 0 Å². The fourth-order valence-corrected chi connectivity index (χ4v) is 1.82. The van der Waals surface area contributed by atoms with E-state index < -0.39 is 0 Å². The van der Waals surface area contributed by atoms with Gasteiger partial charge in [0.1, 0.15) is 0 Å². The van der Waals surface area contributed by atoms with Gasteiger partial charge in [-0.1, -0.05) is 13.3 Å². The second-order valence-corrected chi connectivity index (χ2v) is 4.59. The number of amides is 1. The highest BCUT2D eigenvalue weighted by Crippen LogP contribution is 2.08. The van der Waals surface area contributed by atoms with E-state index in [4.69, 9.17) is 10.4 Å². The fourth-order valence-electron chi connectivity index (χ4n) is 1.82. The standard InChI is InChI=1S/C15H21N3O2/c1-2-3-8-18(9-10-19)12-15(20)17-14-6-4-13(11-16)5-7-14/h4-7,19H,2-3,8-10,12H2,1H3,(H,17,20). The van der Waals surface area contributed by atoms with E-state index in [0.717, 1.165) is 19.4 Å². The monoisotopic (exact) mass is 275 g/mol. The first-order chi connectivity index (χ1) is 9.69. The fraction of sp³-hybridized carbons (Fsp3) is 0.467. The Hall–Kier alpha value is -1.90. The summed E-state index contributed by atoms with van der Waals surface area (Å²) >= 11 is 0. The number of aliphatic hydroxyl groups excluding tert-OH is 1. The third-order valence-electron chi connectivity index (χ3n) is 2.91. The van der Waals surface area contributed by atoms with Crippen molar-refractivity contribution in [2.24, 2.45) is 0 Å². The van der Waals surface area contributed by atoms with E-state index in [0.29, 0.717) is 17.8 Å². The van der Waals surface area contributed by atoms with Gasteiger partial charge in [0.2, 0.25) is 5.91 Å². The van der Waals surface area contributed by atoms with Crippen LogP contribution in [0, 0.1) is 11.3 Å². The predicted octanol–water partition coefficient (Wildman–Crippen LogP) is 1.59. The Morgan fingerprint density at radius 3 is 2.60 bits per heavy atom. The van der Waals surface area contributed by atoms with Gasteiger partial charge < -0.3 is 10.4 Å². The van der Waals surface area contributed by atoms with Crippen LogP contribution in [0.5, 0.6) is 0 Å². The minimum Gasteiger partial charge on any atom is -0.395 e. The number of hydrogen-bond donors (Lipinski definition) is 2. The molecule has 0 saturated heterocycles. The van der Waals surface area contributed by atoms with Gasteiger partial charge in [-0.25, -0.2) is 0 Å². The third kappa shape index (κ3) is 5.83. The van der Waals surface area contributed by atoms with Crippen molar-refractivity contribution < 1.29 is 9.90 Å². The number of hydrogen-bond acceptors (Lipinski definition) is 4. The maximum Gasteiger partial charge on any atom is 0.238 e. The first-order valence-corrected chi connectivity index (χ1v) is 6.82. The number of aliphatic hydroxyl groups is 1. The minimum absolute atomic E-state index is 0.0495. The van der Waals surface area contributed by atoms with Crippen LogP contribution in [0.25, 0.3) is 0 Å². The van der Waals surface area contributed by atoms with Crippen LogP contribution in [0.4, 0.5) is 5.69 Å². The molecule has 1 aromatic rings. The topological polar surface area (TPSA) is 76.4 Å². The van der Waals surface area contributed by atoms with Crippen molar-refractivity contribution in [2.45, 2.75) is 19.8 Å². The van der Waals surface area contributed by atoms with E-state index >= 15 is 0 Å². The van der Waals surface area contributed by atoms with Crippen LogP contribution in [-0.2, 0) is 4.79 Å². The van der Waals surface area contributed by atoms with E-state index in [-0.39, 0.29) is 19.1 Å². The number of rotatable bonds is 8. The summed E-state index contributed by atoms with van der Waals surface area (Å²) in [4.78, 5) is 13.8. The molecule has 1 aromatic carbocycles. The molecule has 1 rings (SSSR count). The van der Waals surface area contributed by atoms with E-state index in [2.05, 4.69) is 12.2 Å². The summed E-state index contributed by atoms with van der Waals surface area (Å²) in [6, 6.07) is 8.78. The van der Waals surface area contributed by atoms with Crippen LogP contribution in [0.2, 0.25) is 0 Å². The van der Waals surface area contributed by atoms with Crippen molar-refractivity contribution in [3.05, 3.63) is 29.8 Å². The molecular formula is C15H21N3O2. The first kappa shape index (κ1) is 16.2. The summed E-state index contributed by atoms with van der Waals surface area (Å²) in [5.74, 6) is -0.112. The Morgan fingerprint density at radius 1 is 1.35 bits per heavy atom. The van der Waals surface area contributed by atoms with Crippen molar-refractivity contribution in [1.29, 1.82) is 5.26 Å². The highest BCUT2D eigenvalue weighted by molar-refractivity contribution is 5.92. The summed E-state index contributed by atoms with van der Waals surface area (Å²) in [7, 11) is 0. The maximum absolute atomic E-state index is 11.9. The molecule has 0 unspecified atom stereocenters. The number of nitriles is 1. The lowest BCUT2D eigenvalue weighted by Gasteiger charge is -2.20. The van der Waals surface area contributed by atoms with Crippen LogP contribution < -0.4 is 5.32 Å². The largest absolute Gasteiger partial charge is 0.395 e. The number of benzene rings is 1. The van der Waals surface area contributed by atoms with Gasteiger partial charge in [-0.2, -0.15) is 5.26 Å². The Bertz CT molecular complexity index is 451. The second kappa shape index (κ2) is 9.08. The SMILES string of the molecule is CCCCN(CCO)CC(=O)Nc1ccc(C#N)cc1. The van der Waals surface area contributed by atoms with Gasteiger partial charge >= 0.3 is 0 Å². The van der Waals surface area contributed by atoms with Crippen molar-refractivity contribution in [2.75, 3.05) is 31.6 Å². The average molecular weight is 275 g/mol. The van der Waals surface area contributed by atoms with Gasteiger partial charge in [0.15, 0.2) is 0 Å². The van der Waals surface area contributed by atoms with Crippen LogP contribution in [0.15, 0.2) is 24.3 Å². The second-order valence-electron chi connectivity index (χ2n) is 4.59.